The second-order valence-electron chi connectivity index (χ2n) is 5.94. The standard InChI is InChI=1S/C17H23FN2O4.ClH/c1-19(9-3-11-24-14-7-5-13(18)6-8-14)16(21)12-20-10-2-4-15(20)17(22)23;/h5-8,15H,2-4,9-12H2,1H3,(H,22,23);1H. The number of rotatable bonds is 8. The lowest BCUT2D eigenvalue weighted by Gasteiger charge is -2.24. The largest absolute Gasteiger partial charge is 0.494 e. The van der Waals surface area contributed by atoms with Crippen molar-refractivity contribution in [3.63, 3.8) is 0 Å². The van der Waals surface area contributed by atoms with Crippen molar-refractivity contribution in [2.24, 2.45) is 0 Å². The summed E-state index contributed by atoms with van der Waals surface area (Å²) < 4.78 is 18.3. The first-order chi connectivity index (χ1) is 11.5. The third-order valence-electron chi connectivity index (χ3n) is 4.13. The molecule has 0 bridgehead atoms. The van der Waals surface area contributed by atoms with Crippen molar-refractivity contribution in [3.8, 4) is 5.75 Å². The summed E-state index contributed by atoms with van der Waals surface area (Å²) in [6.07, 6.45) is 2.04. The number of nitrogens with zero attached hydrogens (tertiary/aromatic N) is 2. The molecule has 1 N–H and O–H groups in total. The van der Waals surface area contributed by atoms with Gasteiger partial charge in [-0.25, -0.2) is 4.39 Å². The summed E-state index contributed by atoms with van der Waals surface area (Å²) in [5.41, 5.74) is 0. The number of carbonyl (C=O) groups excluding carboxylic acids is 1. The smallest absolute Gasteiger partial charge is 0.320 e. The van der Waals surface area contributed by atoms with Gasteiger partial charge in [-0.3, -0.25) is 14.5 Å². The summed E-state index contributed by atoms with van der Waals surface area (Å²) in [5.74, 6) is -0.679. The molecular weight excluding hydrogens is 351 g/mol. The van der Waals surface area contributed by atoms with E-state index in [-0.39, 0.29) is 30.7 Å². The van der Waals surface area contributed by atoms with Gasteiger partial charge in [0.05, 0.1) is 13.2 Å². The van der Waals surface area contributed by atoms with Gasteiger partial charge in [0.2, 0.25) is 5.91 Å². The molecule has 0 aliphatic carbocycles. The fourth-order valence-electron chi connectivity index (χ4n) is 2.74. The lowest BCUT2D eigenvalue weighted by Crippen LogP contribution is -2.43. The number of amides is 1. The molecule has 140 valence electrons. The molecule has 2 rings (SSSR count). The number of likely N-dealkylation sites (tertiary alicyclic amines) is 1. The SMILES string of the molecule is CN(CCCOc1ccc(F)cc1)C(=O)CN1CCCC1C(=O)O.Cl. The zero-order valence-corrected chi connectivity index (χ0v) is 15.0. The molecule has 1 aromatic rings. The van der Waals surface area contributed by atoms with Gasteiger partial charge in [-0.1, -0.05) is 0 Å². The van der Waals surface area contributed by atoms with E-state index in [0.717, 1.165) is 6.42 Å². The summed E-state index contributed by atoms with van der Waals surface area (Å²) in [6, 6.07) is 5.23. The predicted molar refractivity (Wildman–Crippen MR) is 93.6 cm³/mol. The van der Waals surface area contributed by atoms with Gasteiger partial charge in [0, 0.05) is 13.6 Å². The second kappa shape index (κ2) is 10.2. The maximum Gasteiger partial charge on any atom is 0.320 e. The zero-order chi connectivity index (χ0) is 17.5. The quantitative estimate of drug-likeness (QED) is 0.705. The van der Waals surface area contributed by atoms with E-state index in [1.807, 2.05) is 0 Å². The van der Waals surface area contributed by atoms with Gasteiger partial charge in [-0.05, 0) is 50.1 Å². The van der Waals surface area contributed by atoms with E-state index >= 15 is 0 Å². The number of carboxylic acid groups (broad SMARTS) is 1. The molecular formula is C17H24ClFN2O4. The summed E-state index contributed by atoms with van der Waals surface area (Å²) in [5, 5.41) is 9.13. The molecule has 0 spiro atoms. The number of carboxylic acids is 1. The number of carbonyl (C=O) groups is 2. The van der Waals surface area contributed by atoms with Gasteiger partial charge in [0.15, 0.2) is 0 Å². The molecule has 1 fully saturated rings. The van der Waals surface area contributed by atoms with Crippen molar-refractivity contribution in [2.45, 2.75) is 25.3 Å². The van der Waals surface area contributed by atoms with Crippen LogP contribution in [-0.2, 0) is 9.59 Å². The Morgan fingerprint density at radius 3 is 2.68 bits per heavy atom. The molecule has 1 aromatic carbocycles. The van der Waals surface area contributed by atoms with Crippen LogP contribution in [0.4, 0.5) is 4.39 Å². The van der Waals surface area contributed by atoms with Crippen molar-refractivity contribution < 1.29 is 23.8 Å². The minimum Gasteiger partial charge on any atom is -0.494 e. The van der Waals surface area contributed by atoms with Crippen LogP contribution < -0.4 is 4.74 Å². The molecule has 8 heteroatoms. The number of aliphatic carboxylic acids is 1. The molecule has 1 aliphatic heterocycles. The second-order valence-corrected chi connectivity index (χ2v) is 5.94. The van der Waals surface area contributed by atoms with E-state index in [2.05, 4.69) is 0 Å². The Kier molecular flexibility index (Phi) is 8.65. The van der Waals surface area contributed by atoms with Crippen LogP contribution in [0.15, 0.2) is 24.3 Å². The monoisotopic (exact) mass is 374 g/mol. The van der Waals surface area contributed by atoms with Crippen molar-refractivity contribution in [2.75, 3.05) is 33.3 Å². The Bertz CT molecular complexity index is 570. The van der Waals surface area contributed by atoms with Crippen molar-refractivity contribution in [1.82, 2.24) is 9.80 Å². The van der Waals surface area contributed by atoms with Crippen LogP contribution >= 0.6 is 12.4 Å². The highest BCUT2D eigenvalue weighted by molar-refractivity contribution is 5.85. The number of hydrogen-bond donors (Lipinski definition) is 1. The van der Waals surface area contributed by atoms with Crippen LogP contribution in [0.2, 0.25) is 0 Å². The maximum absolute atomic E-state index is 12.8. The number of hydrogen-bond acceptors (Lipinski definition) is 4. The molecule has 6 nitrogen and oxygen atoms in total. The summed E-state index contributed by atoms with van der Waals surface area (Å²) in [4.78, 5) is 26.6. The lowest BCUT2D eigenvalue weighted by molar-refractivity contribution is -0.143. The van der Waals surface area contributed by atoms with Gasteiger partial charge in [0.25, 0.3) is 0 Å². The topological polar surface area (TPSA) is 70.1 Å². The first kappa shape index (κ1) is 21.2. The minimum atomic E-state index is -0.865. The first-order valence-corrected chi connectivity index (χ1v) is 8.06. The molecule has 0 radical (unpaired) electrons. The van der Waals surface area contributed by atoms with E-state index in [1.54, 1.807) is 29.0 Å². The van der Waals surface area contributed by atoms with Crippen LogP contribution in [0.25, 0.3) is 0 Å². The van der Waals surface area contributed by atoms with Crippen molar-refractivity contribution in [1.29, 1.82) is 0 Å². The molecule has 1 unspecified atom stereocenters. The summed E-state index contributed by atoms with van der Waals surface area (Å²) >= 11 is 0. The fraction of sp³-hybridized carbons (Fsp3) is 0.529. The fourth-order valence-corrected chi connectivity index (χ4v) is 2.74. The molecule has 1 heterocycles. The Balaban J connectivity index is 0.00000312. The summed E-state index contributed by atoms with van der Waals surface area (Å²) in [6.45, 7) is 1.72. The van der Waals surface area contributed by atoms with Gasteiger partial charge in [-0.2, -0.15) is 0 Å². The van der Waals surface area contributed by atoms with E-state index in [1.165, 1.54) is 12.1 Å². The summed E-state index contributed by atoms with van der Waals surface area (Å²) in [7, 11) is 1.70. The number of likely N-dealkylation sites (N-methyl/N-ethyl adjacent to an activating group) is 1. The highest BCUT2D eigenvalue weighted by Crippen LogP contribution is 2.17. The van der Waals surface area contributed by atoms with Crippen molar-refractivity contribution >= 4 is 24.3 Å². The Morgan fingerprint density at radius 2 is 2.04 bits per heavy atom. The van der Waals surface area contributed by atoms with E-state index < -0.39 is 12.0 Å². The van der Waals surface area contributed by atoms with Crippen LogP contribution in [-0.4, -0.2) is 66.1 Å². The minimum absolute atomic E-state index is 0. The van der Waals surface area contributed by atoms with Crippen LogP contribution in [0, 0.1) is 5.82 Å². The van der Waals surface area contributed by atoms with Crippen molar-refractivity contribution in [3.05, 3.63) is 30.1 Å². The Morgan fingerprint density at radius 1 is 1.36 bits per heavy atom. The number of halogens is 2. The average molecular weight is 375 g/mol. The van der Waals surface area contributed by atoms with E-state index in [9.17, 15) is 14.0 Å². The van der Waals surface area contributed by atoms with Crippen LogP contribution in [0.5, 0.6) is 5.75 Å². The third-order valence-corrected chi connectivity index (χ3v) is 4.13. The first-order valence-electron chi connectivity index (χ1n) is 8.06. The Hall–Kier alpha value is -1.86. The van der Waals surface area contributed by atoms with Gasteiger partial charge >= 0.3 is 5.97 Å². The van der Waals surface area contributed by atoms with Crippen LogP contribution in [0.3, 0.4) is 0 Å². The molecule has 25 heavy (non-hydrogen) atoms. The average Bonchev–Trinajstić information content (AvgIpc) is 3.01. The van der Waals surface area contributed by atoms with Crippen LogP contribution in [0.1, 0.15) is 19.3 Å². The van der Waals surface area contributed by atoms with Gasteiger partial charge in [-0.15, -0.1) is 12.4 Å². The maximum atomic E-state index is 12.8. The molecule has 0 saturated carbocycles. The normalized spacial score (nSPS) is 17.0. The lowest BCUT2D eigenvalue weighted by atomic mass is 10.2. The van der Waals surface area contributed by atoms with E-state index in [0.29, 0.717) is 38.3 Å². The zero-order valence-electron chi connectivity index (χ0n) is 14.2. The molecule has 1 amide bonds. The Labute approximate surface area is 153 Å². The number of benzene rings is 1. The molecule has 0 aromatic heterocycles. The predicted octanol–water partition coefficient (Wildman–Crippen LogP) is 2.02. The highest BCUT2D eigenvalue weighted by Gasteiger charge is 2.32. The molecule has 1 atom stereocenters. The van der Waals surface area contributed by atoms with Gasteiger partial charge < -0.3 is 14.7 Å². The highest BCUT2D eigenvalue weighted by atomic mass is 35.5. The molecule has 1 aliphatic rings. The third kappa shape index (κ3) is 6.51. The van der Waals surface area contributed by atoms with Gasteiger partial charge in [0.1, 0.15) is 17.6 Å². The molecule has 1 saturated heterocycles. The van der Waals surface area contributed by atoms with E-state index in [4.69, 9.17) is 9.84 Å². The number of ether oxygens (including phenoxy) is 1.